The normalized spacial score (nSPS) is 15.7. The lowest BCUT2D eigenvalue weighted by Gasteiger charge is -2.31. The second-order valence-electron chi connectivity index (χ2n) is 8.31. The number of aromatic nitrogens is 3. The van der Waals surface area contributed by atoms with Gasteiger partial charge in [0.2, 0.25) is 16.0 Å². The first kappa shape index (κ1) is 23.0. The van der Waals surface area contributed by atoms with Crippen LogP contribution in [-0.4, -0.2) is 54.9 Å². The van der Waals surface area contributed by atoms with Gasteiger partial charge >= 0.3 is 0 Å². The average molecular weight is 494 g/mol. The van der Waals surface area contributed by atoms with Gasteiger partial charge in [-0.25, -0.2) is 9.50 Å². The summed E-state index contributed by atoms with van der Waals surface area (Å²) in [5, 5.41) is 8.64. The summed E-state index contributed by atoms with van der Waals surface area (Å²) >= 11 is 1.53. The minimum Gasteiger partial charge on any atom is -0.497 e. The fraction of sp³-hybridized carbons (Fsp3) is 0.320. The summed E-state index contributed by atoms with van der Waals surface area (Å²) in [5.41, 5.74) is 2.50. The Morgan fingerprint density at radius 2 is 1.83 bits per heavy atom. The van der Waals surface area contributed by atoms with Crippen LogP contribution >= 0.6 is 11.3 Å². The van der Waals surface area contributed by atoms with Gasteiger partial charge in [0.25, 0.3) is 0 Å². The van der Waals surface area contributed by atoms with E-state index in [0.717, 1.165) is 46.5 Å². The smallest absolute Gasteiger partial charge is 0.229 e. The number of nitrogens with zero attached hydrogens (tertiary/aromatic N) is 4. The van der Waals surface area contributed by atoms with E-state index in [1.807, 2.05) is 35.0 Å². The number of rotatable bonds is 7. The van der Waals surface area contributed by atoms with Gasteiger partial charge in [-0.2, -0.15) is 0 Å². The molecule has 1 fully saturated rings. The van der Waals surface area contributed by atoms with E-state index >= 15 is 0 Å². The number of ether oxygens (including phenoxy) is 3. The van der Waals surface area contributed by atoms with Gasteiger partial charge in [-0.1, -0.05) is 11.3 Å². The zero-order valence-electron chi connectivity index (χ0n) is 19.9. The summed E-state index contributed by atoms with van der Waals surface area (Å²) in [6.07, 6.45) is 3.67. The zero-order chi connectivity index (χ0) is 24.4. The minimum absolute atomic E-state index is 0.0266. The molecule has 2 aromatic heterocycles. The molecule has 1 aliphatic heterocycles. The molecule has 9 nitrogen and oxygen atoms in total. The summed E-state index contributed by atoms with van der Waals surface area (Å²) < 4.78 is 17.7. The SMILES string of the molecule is COc1ccc(-c2cn3nc(N4CCC[C@@H](C(=O)Nc5ccc(OC)cc5OC)C4)sc3n2)cc1. The molecule has 1 atom stereocenters. The number of hydrogen-bond donors (Lipinski definition) is 1. The molecule has 0 saturated carbocycles. The van der Waals surface area contributed by atoms with Crippen LogP contribution in [0, 0.1) is 5.92 Å². The summed E-state index contributed by atoms with van der Waals surface area (Å²) in [5.74, 6) is 1.87. The number of amides is 1. The zero-order valence-corrected chi connectivity index (χ0v) is 20.7. The molecular formula is C25H27N5O4S. The van der Waals surface area contributed by atoms with Crippen molar-refractivity contribution in [2.45, 2.75) is 12.8 Å². The number of hydrogen-bond acceptors (Lipinski definition) is 8. The van der Waals surface area contributed by atoms with Gasteiger partial charge in [-0.15, -0.1) is 5.10 Å². The molecule has 10 heteroatoms. The lowest BCUT2D eigenvalue weighted by molar-refractivity contribution is -0.120. The Hall–Kier alpha value is -3.79. The Labute approximate surface area is 207 Å². The van der Waals surface area contributed by atoms with Crippen LogP contribution in [0.2, 0.25) is 0 Å². The number of benzene rings is 2. The molecule has 182 valence electrons. The van der Waals surface area contributed by atoms with Crippen LogP contribution in [0.15, 0.2) is 48.7 Å². The topological polar surface area (TPSA) is 90.2 Å². The second-order valence-corrected chi connectivity index (χ2v) is 9.24. The Bertz CT molecular complexity index is 1300. The van der Waals surface area contributed by atoms with Gasteiger partial charge in [-0.3, -0.25) is 4.79 Å². The number of anilines is 2. The summed E-state index contributed by atoms with van der Waals surface area (Å²) in [6.45, 7) is 1.46. The molecule has 1 aliphatic rings. The average Bonchev–Trinajstić information content (AvgIpc) is 3.49. The number of carbonyl (C=O) groups is 1. The number of piperidine rings is 1. The molecule has 5 rings (SSSR count). The fourth-order valence-electron chi connectivity index (χ4n) is 4.22. The fourth-order valence-corrected chi connectivity index (χ4v) is 5.14. The highest BCUT2D eigenvalue weighted by Crippen LogP contribution is 2.32. The maximum absolute atomic E-state index is 13.1. The van der Waals surface area contributed by atoms with Crippen molar-refractivity contribution in [2.24, 2.45) is 5.92 Å². The van der Waals surface area contributed by atoms with Crippen molar-refractivity contribution in [1.82, 2.24) is 14.6 Å². The molecule has 3 heterocycles. The highest BCUT2D eigenvalue weighted by Gasteiger charge is 2.28. The first-order valence-corrected chi connectivity index (χ1v) is 12.2. The van der Waals surface area contributed by atoms with E-state index in [9.17, 15) is 4.79 Å². The molecule has 0 spiro atoms. The van der Waals surface area contributed by atoms with Gasteiger partial charge in [0.05, 0.1) is 44.8 Å². The molecule has 1 saturated heterocycles. The lowest BCUT2D eigenvalue weighted by Crippen LogP contribution is -2.40. The molecule has 0 radical (unpaired) electrons. The Balaban J connectivity index is 1.28. The van der Waals surface area contributed by atoms with Crippen LogP contribution in [0.3, 0.4) is 0 Å². The number of fused-ring (bicyclic) bond motifs is 1. The van der Waals surface area contributed by atoms with Crippen LogP contribution in [0.1, 0.15) is 12.8 Å². The summed E-state index contributed by atoms with van der Waals surface area (Å²) in [7, 11) is 4.82. The first-order chi connectivity index (χ1) is 17.1. The van der Waals surface area contributed by atoms with Crippen molar-refractivity contribution >= 4 is 33.0 Å². The number of nitrogens with one attached hydrogen (secondary N) is 1. The standard InChI is InChI=1S/C25H27N5O4S/c1-32-18-8-6-16(7-9-18)21-15-30-24(27-21)35-25(28-30)29-12-4-5-17(14-29)23(31)26-20-11-10-19(33-2)13-22(20)34-3/h6-11,13,15,17H,4-5,12,14H2,1-3H3,(H,26,31)/t17-/m1/s1. The number of carbonyl (C=O) groups excluding carboxylic acids is 1. The van der Waals surface area contributed by atoms with Crippen LogP contribution in [0.4, 0.5) is 10.8 Å². The largest absolute Gasteiger partial charge is 0.497 e. The highest BCUT2D eigenvalue weighted by molar-refractivity contribution is 7.20. The van der Waals surface area contributed by atoms with Crippen LogP contribution in [-0.2, 0) is 4.79 Å². The summed E-state index contributed by atoms with van der Waals surface area (Å²) in [4.78, 5) is 20.8. The third-order valence-electron chi connectivity index (χ3n) is 6.15. The maximum atomic E-state index is 13.1. The van der Waals surface area contributed by atoms with Crippen LogP contribution in [0.5, 0.6) is 17.2 Å². The monoisotopic (exact) mass is 493 g/mol. The predicted molar refractivity (Wildman–Crippen MR) is 136 cm³/mol. The van der Waals surface area contributed by atoms with E-state index in [4.69, 9.17) is 24.3 Å². The summed E-state index contributed by atoms with van der Waals surface area (Å²) in [6, 6.07) is 13.2. The van der Waals surface area contributed by atoms with Crippen molar-refractivity contribution in [2.75, 3.05) is 44.6 Å². The molecular weight excluding hydrogens is 466 g/mol. The highest BCUT2D eigenvalue weighted by atomic mass is 32.1. The van der Waals surface area contributed by atoms with E-state index in [1.54, 1.807) is 39.5 Å². The molecule has 0 unspecified atom stereocenters. The third-order valence-corrected chi connectivity index (χ3v) is 7.13. The molecule has 2 aromatic carbocycles. The van der Waals surface area contributed by atoms with E-state index < -0.39 is 0 Å². The van der Waals surface area contributed by atoms with Crippen LogP contribution < -0.4 is 24.4 Å². The van der Waals surface area contributed by atoms with Crippen molar-refractivity contribution in [3.63, 3.8) is 0 Å². The van der Waals surface area contributed by atoms with Gasteiger partial charge in [0.1, 0.15) is 17.2 Å². The molecule has 0 bridgehead atoms. The number of methoxy groups -OCH3 is 3. The van der Waals surface area contributed by atoms with Gasteiger partial charge in [-0.05, 0) is 49.2 Å². The Morgan fingerprint density at radius 3 is 2.54 bits per heavy atom. The van der Waals surface area contributed by atoms with Crippen molar-refractivity contribution in [3.05, 3.63) is 48.7 Å². The van der Waals surface area contributed by atoms with E-state index in [-0.39, 0.29) is 11.8 Å². The minimum atomic E-state index is -0.151. The number of imidazole rings is 1. The van der Waals surface area contributed by atoms with Crippen molar-refractivity contribution < 1.29 is 19.0 Å². The molecule has 35 heavy (non-hydrogen) atoms. The van der Waals surface area contributed by atoms with Crippen molar-refractivity contribution in [3.8, 4) is 28.5 Å². The third kappa shape index (κ3) is 4.74. The quantitative estimate of drug-likeness (QED) is 0.410. The molecule has 1 amide bonds. The van der Waals surface area contributed by atoms with E-state index in [0.29, 0.717) is 23.7 Å². The van der Waals surface area contributed by atoms with Crippen LogP contribution in [0.25, 0.3) is 16.2 Å². The Morgan fingerprint density at radius 1 is 1.06 bits per heavy atom. The van der Waals surface area contributed by atoms with Crippen molar-refractivity contribution in [1.29, 1.82) is 0 Å². The second kappa shape index (κ2) is 9.83. The predicted octanol–water partition coefficient (Wildman–Crippen LogP) is 4.34. The van der Waals surface area contributed by atoms with Gasteiger partial charge in [0.15, 0.2) is 0 Å². The molecule has 4 aromatic rings. The van der Waals surface area contributed by atoms with E-state index in [2.05, 4.69) is 10.2 Å². The maximum Gasteiger partial charge on any atom is 0.229 e. The first-order valence-electron chi connectivity index (χ1n) is 11.4. The molecule has 0 aliphatic carbocycles. The van der Waals surface area contributed by atoms with Gasteiger partial charge in [0, 0.05) is 24.7 Å². The van der Waals surface area contributed by atoms with E-state index in [1.165, 1.54) is 11.3 Å². The van der Waals surface area contributed by atoms with Gasteiger partial charge < -0.3 is 24.4 Å². The lowest BCUT2D eigenvalue weighted by atomic mass is 9.97. The Kier molecular flexibility index (Phi) is 6.45. The molecule has 1 N–H and O–H groups in total.